The smallest absolute Gasteiger partial charge is 0.322 e. The van der Waals surface area contributed by atoms with Gasteiger partial charge in [0.15, 0.2) is 0 Å². The molecule has 0 bridgehead atoms. The van der Waals surface area contributed by atoms with Crippen LogP contribution < -0.4 is 15.4 Å². The third-order valence-corrected chi connectivity index (χ3v) is 4.54. The quantitative estimate of drug-likeness (QED) is 0.859. The largest absolute Gasteiger partial charge is 0.495 e. The van der Waals surface area contributed by atoms with Crippen LogP contribution in [-0.4, -0.2) is 36.5 Å². The van der Waals surface area contributed by atoms with Crippen molar-refractivity contribution in [2.24, 2.45) is 0 Å². The maximum atomic E-state index is 13.8. The Bertz CT molecular complexity index is 856. The number of rotatable bonds is 4. The molecule has 1 heterocycles. The lowest BCUT2D eigenvalue weighted by atomic mass is 10.1. The molecule has 3 amide bonds. The number of nitrogens with one attached hydrogen (secondary N) is 2. The summed E-state index contributed by atoms with van der Waals surface area (Å²) in [5, 5.41) is 5.38. The Balaban J connectivity index is 1.72. The number of likely N-dealkylation sites (tertiary alicyclic amines) is 1. The summed E-state index contributed by atoms with van der Waals surface area (Å²) in [6, 6.07) is 10.3. The molecule has 2 aromatic carbocycles. The topological polar surface area (TPSA) is 70.7 Å². The zero-order chi connectivity index (χ0) is 19.4. The number of halogens is 1. The van der Waals surface area contributed by atoms with Gasteiger partial charge in [0, 0.05) is 6.54 Å². The molecule has 0 aromatic heterocycles. The molecule has 1 atom stereocenters. The SMILES string of the molecule is COc1ccc(C)cc1NC(=O)[C@@H]1CCCN1C(=O)Nc1ccccc1F. The fourth-order valence-electron chi connectivity index (χ4n) is 3.17. The highest BCUT2D eigenvalue weighted by Crippen LogP contribution is 2.27. The predicted molar refractivity (Wildman–Crippen MR) is 102 cm³/mol. The minimum atomic E-state index is -0.623. The molecule has 2 aromatic rings. The van der Waals surface area contributed by atoms with Crippen LogP contribution in [0, 0.1) is 12.7 Å². The normalized spacial score (nSPS) is 16.1. The molecule has 142 valence electrons. The number of amides is 3. The number of carbonyl (C=O) groups is 2. The Morgan fingerprint density at radius 1 is 1.15 bits per heavy atom. The van der Waals surface area contributed by atoms with Crippen molar-refractivity contribution < 1.29 is 18.7 Å². The molecule has 1 aliphatic heterocycles. The number of benzene rings is 2. The molecular formula is C20H22FN3O3. The van der Waals surface area contributed by atoms with Gasteiger partial charge in [0.2, 0.25) is 5.91 Å². The van der Waals surface area contributed by atoms with Crippen LogP contribution in [0.1, 0.15) is 18.4 Å². The number of methoxy groups -OCH3 is 1. The van der Waals surface area contributed by atoms with Crippen molar-refractivity contribution >= 4 is 23.3 Å². The highest BCUT2D eigenvalue weighted by molar-refractivity contribution is 6.00. The molecule has 0 unspecified atom stereocenters. The zero-order valence-electron chi connectivity index (χ0n) is 15.3. The van der Waals surface area contributed by atoms with E-state index in [0.717, 1.165) is 5.56 Å². The van der Waals surface area contributed by atoms with Crippen molar-refractivity contribution in [2.75, 3.05) is 24.3 Å². The van der Waals surface area contributed by atoms with Crippen LogP contribution in [0.5, 0.6) is 5.75 Å². The zero-order valence-corrected chi connectivity index (χ0v) is 15.3. The fourth-order valence-corrected chi connectivity index (χ4v) is 3.17. The van der Waals surface area contributed by atoms with Gasteiger partial charge >= 0.3 is 6.03 Å². The number of urea groups is 1. The number of para-hydroxylation sites is 1. The van der Waals surface area contributed by atoms with Crippen LogP contribution in [0.3, 0.4) is 0 Å². The van der Waals surface area contributed by atoms with E-state index in [-0.39, 0.29) is 11.6 Å². The van der Waals surface area contributed by atoms with Gasteiger partial charge < -0.3 is 20.3 Å². The molecule has 2 N–H and O–H groups in total. The number of carbonyl (C=O) groups excluding carboxylic acids is 2. The van der Waals surface area contributed by atoms with Gasteiger partial charge in [-0.3, -0.25) is 4.79 Å². The van der Waals surface area contributed by atoms with Crippen molar-refractivity contribution in [1.82, 2.24) is 4.90 Å². The monoisotopic (exact) mass is 371 g/mol. The van der Waals surface area contributed by atoms with Gasteiger partial charge in [-0.2, -0.15) is 0 Å². The molecule has 1 fully saturated rings. The van der Waals surface area contributed by atoms with Gasteiger partial charge in [-0.05, 0) is 49.6 Å². The van der Waals surface area contributed by atoms with Crippen LogP contribution in [-0.2, 0) is 4.79 Å². The lowest BCUT2D eigenvalue weighted by Gasteiger charge is -2.24. The number of hydrogen-bond donors (Lipinski definition) is 2. The number of nitrogens with zero attached hydrogens (tertiary/aromatic N) is 1. The summed E-state index contributed by atoms with van der Waals surface area (Å²) in [7, 11) is 1.53. The van der Waals surface area contributed by atoms with Crippen molar-refractivity contribution in [3.63, 3.8) is 0 Å². The highest BCUT2D eigenvalue weighted by Gasteiger charge is 2.34. The molecule has 0 saturated carbocycles. The molecule has 27 heavy (non-hydrogen) atoms. The van der Waals surface area contributed by atoms with Gasteiger partial charge in [0.25, 0.3) is 0 Å². The number of anilines is 2. The second kappa shape index (κ2) is 8.07. The Hall–Kier alpha value is -3.09. The first-order valence-corrected chi connectivity index (χ1v) is 8.77. The summed E-state index contributed by atoms with van der Waals surface area (Å²) in [5.41, 5.74) is 1.63. The van der Waals surface area contributed by atoms with Crippen molar-refractivity contribution in [3.8, 4) is 5.75 Å². The van der Waals surface area contributed by atoms with E-state index in [9.17, 15) is 14.0 Å². The van der Waals surface area contributed by atoms with E-state index in [1.165, 1.54) is 24.1 Å². The van der Waals surface area contributed by atoms with Gasteiger partial charge in [0.05, 0.1) is 18.5 Å². The van der Waals surface area contributed by atoms with E-state index in [4.69, 9.17) is 4.74 Å². The van der Waals surface area contributed by atoms with E-state index in [1.807, 2.05) is 19.1 Å². The van der Waals surface area contributed by atoms with Gasteiger partial charge in [-0.15, -0.1) is 0 Å². The van der Waals surface area contributed by atoms with Crippen molar-refractivity contribution in [1.29, 1.82) is 0 Å². The molecule has 1 saturated heterocycles. The second-order valence-electron chi connectivity index (χ2n) is 6.45. The number of ether oxygens (including phenoxy) is 1. The molecule has 0 aliphatic carbocycles. The average Bonchev–Trinajstić information content (AvgIpc) is 3.14. The van der Waals surface area contributed by atoms with E-state index < -0.39 is 17.9 Å². The Morgan fingerprint density at radius 2 is 1.93 bits per heavy atom. The summed E-state index contributed by atoms with van der Waals surface area (Å²) in [4.78, 5) is 26.8. The first-order valence-electron chi connectivity index (χ1n) is 8.77. The molecule has 3 rings (SSSR count). The summed E-state index contributed by atoms with van der Waals surface area (Å²) < 4.78 is 19.1. The van der Waals surface area contributed by atoms with E-state index in [2.05, 4.69) is 10.6 Å². The lowest BCUT2D eigenvalue weighted by molar-refractivity contribution is -0.119. The molecule has 1 aliphatic rings. The lowest BCUT2D eigenvalue weighted by Crippen LogP contribution is -2.45. The fraction of sp³-hybridized carbons (Fsp3) is 0.300. The van der Waals surface area contributed by atoms with Crippen LogP contribution in [0.4, 0.5) is 20.6 Å². The summed E-state index contributed by atoms with van der Waals surface area (Å²) >= 11 is 0. The standard InChI is InChI=1S/C20H22FN3O3/c1-13-9-10-18(27-2)16(12-13)22-19(25)17-8-5-11-24(17)20(26)23-15-7-4-3-6-14(15)21/h3-4,6-7,9-10,12,17H,5,8,11H2,1-2H3,(H,22,25)(H,23,26)/t17-/m0/s1. The van der Waals surface area contributed by atoms with Crippen LogP contribution in [0.25, 0.3) is 0 Å². The maximum absolute atomic E-state index is 13.8. The van der Waals surface area contributed by atoms with Crippen molar-refractivity contribution in [2.45, 2.75) is 25.8 Å². The van der Waals surface area contributed by atoms with Gasteiger partial charge in [-0.25, -0.2) is 9.18 Å². The molecule has 7 heteroatoms. The molecule has 6 nitrogen and oxygen atoms in total. The average molecular weight is 371 g/mol. The highest BCUT2D eigenvalue weighted by atomic mass is 19.1. The number of hydrogen-bond acceptors (Lipinski definition) is 3. The van der Waals surface area contributed by atoms with Gasteiger partial charge in [-0.1, -0.05) is 18.2 Å². The Kier molecular flexibility index (Phi) is 5.59. The third kappa shape index (κ3) is 4.19. The maximum Gasteiger partial charge on any atom is 0.322 e. The van der Waals surface area contributed by atoms with E-state index in [0.29, 0.717) is 30.8 Å². The van der Waals surface area contributed by atoms with Crippen LogP contribution in [0.15, 0.2) is 42.5 Å². The minimum Gasteiger partial charge on any atom is -0.495 e. The second-order valence-corrected chi connectivity index (χ2v) is 6.45. The minimum absolute atomic E-state index is 0.0916. The number of aryl methyl sites for hydroxylation is 1. The first kappa shape index (κ1) is 18.7. The molecular weight excluding hydrogens is 349 g/mol. The predicted octanol–water partition coefficient (Wildman–Crippen LogP) is 3.78. The van der Waals surface area contributed by atoms with E-state index >= 15 is 0 Å². The summed E-state index contributed by atoms with van der Waals surface area (Å²) in [5.74, 6) is -0.259. The molecule has 0 radical (unpaired) electrons. The first-order chi connectivity index (χ1) is 13.0. The third-order valence-electron chi connectivity index (χ3n) is 4.54. The van der Waals surface area contributed by atoms with E-state index in [1.54, 1.807) is 18.2 Å². The Morgan fingerprint density at radius 3 is 2.67 bits per heavy atom. The summed E-state index contributed by atoms with van der Waals surface area (Å²) in [6.45, 7) is 2.35. The van der Waals surface area contributed by atoms with Crippen molar-refractivity contribution in [3.05, 3.63) is 53.8 Å². The van der Waals surface area contributed by atoms with Gasteiger partial charge in [0.1, 0.15) is 17.6 Å². The van der Waals surface area contributed by atoms with Crippen LogP contribution in [0.2, 0.25) is 0 Å². The van der Waals surface area contributed by atoms with Crippen LogP contribution >= 0.6 is 0 Å². The molecule has 0 spiro atoms. The Labute approximate surface area is 157 Å². The summed E-state index contributed by atoms with van der Waals surface area (Å²) in [6.07, 6.45) is 1.25.